The maximum Gasteiger partial charge on any atom is 0.256 e. The number of pyridine rings is 1. The van der Waals surface area contributed by atoms with Crippen LogP contribution in [0.15, 0.2) is 85.1 Å². The van der Waals surface area contributed by atoms with E-state index < -0.39 is 0 Å². The third-order valence-corrected chi connectivity index (χ3v) is 4.27. The fraction of sp³-hybridized carbons (Fsp3) is 0. The first-order valence-electron chi connectivity index (χ1n) is 8.32. The molecule has 4 heteroatoms. The highest BCUT2D eigenvalue weighted by Gasteiger charge is 2.13. The van der Waals surface area contributed by atoms with Crippen molar-refractivity contribution in [3.63, 3.8) is 0 Å². The standard InChI is InChI=1S/C22H17N3O/c23-16-7-5-6-15(14-16)17-8-1-4-11-21(17)25-22(26)19-12-13-24-20-10-3-2-9-18(19)20/h1-14H,23H2,(H,25,26). The van der Waals surface area contributed by atoms with E-state index in [-0.39, 0.29) is 5.91 Å². The van der Waals surface area contributed by atoms with Crippen molar-refractivity contribution in [2.45, 2.75) is 0 Å². The summed E-state index contributed by atoms with van der Waals surface area (Å²) in [5.74, 6) is -0.167. The number of hydrogen-bond acceptors (Lipinski definition) is 3. The SMILES string of the molecule is Nc1cccc(-c2ccccc2NC(=O)c2ccnc3ccccc23)c1. The minimum Gasteiger partial charge on any atom is -0.399 e. The molecule has 1 amide bonds. The number of nitrogen functional groups attached to an aromatic ring is 1. The van der Waals surface area contributed by atoms with Crippen LogP contribution in [0.3, 0.4) is 0 Å². The summed E-state index contributed by atoms with van der Waals surface area (Å²) >= 11 is 0. The molecule has 26 heavy (non-hydrogen) atoms. The predicted molar refractivity (Wildman–Crippen MR) is 106 cm³/mol. The molecule has 1 aromatic heterocycles. The average Bonchev–Trinajstić information content (AvgIpc) is 2.68. The van der Waals surface area contributed by atoms with Crippen molar-refractivity contribution in [3.8, 4) is 11.1 Å². The second-order valence-electron chi connectivity index (χ2n) is 6.00. The van der Waals surface area contributed by atoms with Gasteiger partial charge in [0.15, 0.2) is 0 Å². The van der Waals surface area contributed by atoms with Crippen LogP contribution in [0.4, 0.5) is 11.4 Å². The molecule has 0 atom stereocenters. The van der Waals surface area contributed by atoms with Gasteiger partial charge in [-0.15, -0.1) is 0 Å². The molecule has 0 bridgehead atoms. The van der Waals surface area contributed by atoms with E-state index in [4.69, 9.17) is 5.73 Å². The van der Waals surface area contributed by atoms with Crippen molar-refractivity contribution in [2.24, 2.45) is 0 Å². The molecule has 3 aromatic carbocycles. The van der Waals surface area contributed by atoms with Crippen LogP contribution in [0.5, 0.6) is 0 Å². The van der Waals surface area contributed by atoms with Gasteiger partial charge in [0.25, 0.3) is 5.91 Å². The zero-order valence-corrected chi connectivity index (χ0v) is 14.0. The Hall–Kier alpha value is -3.66. The third-order valence-electron chi connectivity index (χ3n) is 4.27. The average molecular weight is 339 g/mol. The summed E-state index contributed by atoms with van der Waals surface area (Å²) in [7, 11) is 0. The molecule has 1 heterocycles. The maximum absolute atomic E-state index is 12.9. The van der Waals surface area contributed by atoms with Gasteiger partial charge in [0.1, 0.15) is 0 Å². The van der Waals surface area contributed by atoms with E-state index in [9.17, 15) is 4.79 Å². The number of anilines is 2. The van der Waals surface area contributed by atoms with E-state index >= 15 is 0 Å². The molecule has 0 saturated carbocycles. The minimum absolute atomic E-state index is 0.167. The smallest absolute Gasteiger partial charge is 0.256 e. The van der Waals surface area contributed by atoms with Gasteiger partial charge in [0.2, 0.25) is 0 Å². The van der Waals surface area contributed by atoms with Gasteiger partial charge in [0.05, 0.1) is 11.1 Å². The van der Waals surface area contributed by atoms with Gasteiger partial charge in [0, 0.05) is 28.5 Å². The molecule has 0 radical (unpaired) electrons. The van der Waals surface area contributed by atoms with Crippen molar-refractivity contribution < 1.29 is 4.79 Å². The Kier molecular flexibility index (Phi) is 4.07. The number of carbonyl (C=O) groups is 1. The van der Waals surface area contributed by atoms with Crippen molar-refractivity contribution in [3.05, 3.63) is 90.6 Å². The number of fused-ring (bicyclic) bond motifs is 1. The first-order chi connectivity index (χ1) is 12.7. The van der Waals surface area contributed by atoms with Crippen LogP contribution >= 0.6 is 0 Å². The van der Waals surface area contributed by atoms with E-state index in [1.54, 1.807) is 12.3 Å². The lowest BCUT2D eigenvalue weighted by molar-refractivity contribution is 0.102. The lowest BCUT2D eigenvalue weighted by Gasteiger charge is -2.12. The lowest BCUT2D eigenvalue weighted by atomic mass is 10.0. The highest BCUT2D eigenvalue weighted by atomic mass is 16.1. The molecule has 4 rings (SSSR count). The summed E-state index contributed by atoms with van der Waals surface area (Å²) < 4.78 is 0. The minimum atomic E-state index is -0.167. The normalized spacial score (nSPS) is 10.6. The van der Waals surface area contributed by atoms with Gasteiger partial charge in [-0.2, -0.15) is 0 Å². The van der Waals surface area contributed by atoms with Crippen LogP contribution in [0.25, 0.3) is 22.0 Å². The number of benzene rings is 3. The van der Waals surface area contributed by atoms with Gasteiger partial charge in [-0.25, -0.2) is 0 Å². The quantitative estimate of drug-likeness (QED) is 0.530. The molecule has 0 aliphatic rings. The van der Waals surface area contributed by atoms with Gasteiger partial charge in [-0.3, -0.25) is 9.78 Å². The second kappa shape index (κ2) is 6.69. The van der Waals surface area contributed by atoms with Crippen molar-refractivity contribution >= 4 is 28.2 Å². The van der Waals surface area contributed by atoms with Crippen LogP contribution in [-0.4, -0.2) is 10.9 Å². The number of rotatable bonds is 3. The number of carbonyl (C=O) groups excluding carboxylic acids is 1. The number of nitrogens with zero attached hydrogens (tertiary/aromatic N) is 1. The maximum atomic E-state index is 12.9. The molecule has 0 fully saturated rings. The number of para-hydroxylation sites is 2. The molecule has 3 N–H and O–H groups in total. The molecule has 0 saturated heterocycles. The summed E-state index contributed by atoms with van der Waals surface area (Å²) in [4.78, 5) is 17.2. The van der Waals surface area contributed by atoms with Crippen molar-refractivity contribution in [2.75, 3.05) is 11.1 Å². The van der Waals surface area contributed by atoms with Crippen LogP contribution in [0.2, 0.25) is 0 Å². The summed E-state index contributed by atoms with van der Waals surface area (Å²) in [6.07, 6.45) is 1.65. The topological polar surface area (TPSA) is 68.0 Å². The van der Waals surface area contributed by atoms with Crippen LogP contribution in [-0.2, 0) is 0 Å². The van der Waals surface area contributed by atoms with E-state index in [0.29, 0.717) is 11.3 Å². The van der Waals surface area contributed by atoms with E-state index in [2.05, 4.69) is 10.3 Å². The highest BCUT2D eigenvalue weighted by Crippen LogP contribution is 2.29. The number of aromatic nitrogens is 1. The number of hydrogen-bond donors (Lipinski definition) is 2. The molecule has 0 spiro atoms. The lowest BCUT2D eigenvalue weighted by Crippen LogP contribution is -2.13. The molecule has 4 aromatic rings. The van der Waals surface area contributed by atoms with Crippen molar-refractivity contribution in [1.82, 2.24) is 4.98 Å². The van der Waals surface area contributed by atoms with Gasteiger partial charge >= 0.3 is 0 Å². The molecule has 0 aliphatic carbocycles. The van der Waals surface area contributed by atoms with Gasteiger partial charge < -0.3 is 11.1 Å². The fourth-order valence-corrected chi connectivity index (χ4v) is 3.03. The van der Waals surface area contributed by atoms with E-state index in [1.807, 2.05) is 72.8 Å². The zero-order valence-electron chi connectivity index (χ0n) is 14.0. The second-order valence-corrected chi connectivity index (χ2v) is 6.00. The van der Waals surface area contributed by atoms with Crippen LogP contribution in [0.1, 0.15) is 10.4 Å². The Labute approximate surface area is 151 Å². The van der Waals surface area contributed by atoms with Crippen molar-refractivity contribution in [1.29, 1.82) is 0 Å². The Morgan fingerprint density at radius 2 is 1.69 bits per heavy atom. The molecule has 4 nitrogen and oxygen atoms in total. The molecule has 0 unspecified atom stereocenters. The fourth-order valence-electron chi connectivity index (χ4n) is 3.03. The van der Waals surface area contributed by atoms with E-state index in [0.717, 1.165) is 27.7 Å². The highest BCUT2D eigenvalue weighted by molar-refractivity contribution is 6.13. The number of nitrogens with two attached hydrogens (primary N) is 1. The molecule has 126 valence electrons. The molecular weight excluding hydrogens is 322 g/mol. The molecular formula is C22H17N3O. The summed E-state index contributed by atoms with van der Waals surface area (Å²) in [5, 5.41) is 3.86. The Morgan fingerprint density at radius 3 is 2.58 bits per heavy atom. The van der Waals surface area contributed by atoms with Crippen LogP contribution < -0.4 is 11.1 Å². The largest absolute Gasteiger partial charge is 0.399 e. The Balaban J connectivity index is 1.73. The summed E-state index contributed by atoms with van der Waals surface area (Å²) in [5.41, 5.74) is 10.6. The molecule has 0 aliphatic heterocycles. The Morgan fingerprint density at radius 1 is 0.885 bits per heavy atom. The van der Waals surface area contributed by atoms with E-state index in [1.165, 1.54) is 0 Å². The van der Waals surface area contributed by atoms with Crippen LogP contribution in [0, 0.1) is 0 Å². The van der Waals surface area contributed by atoms with Gasteiger partial charge in [-0.05, 0) is 35.9 Å². The number of amides is 1. The first kappa shape index (κ1) is 15.8. The zero-order chi connectivity index (χ0) is 17.9. The third kappa shape index (κ3) is 3.00. The first-order valence-corrected chi connectivity index (χ1v) is 8.32. The predicted octanol–water partition coefficient (Wildman–Crippen LogP) is 4.74. The Bertz CT molecular complexity index is 1100. The number of nitrogens with one attached hydrogen (secondary N) is 1. The summed E-state index contributed by atoms with van der Waals surface area (Å²) in [6.45, 7) is 0. The monoisotopic (exact) mass is 339 g/mol. The van der Waals surface area contributed by atoms with Gasteiger partial charge in [-0.1, -0.05) is 48.5 Å². The summed E-state index contributed by atoms with van der Waals surface area (Å²) in [6, 6.07) is 24.7.